The molecule has 0 aliphatic rings. The largest absolute Gasteiger partial charge is 0.449 e. The van der Waals surface area contributed by atoms with Gasteiger partial charge >= 0.3 is 5.97 Å². The summed E-state index contributed by atoms with van der Waals surface area (Å²) in [5, 5.41) is 2.74. The van der Waals surface area contributed by atoms with Gasteiger partial charge in [0.15, 0.2) is 15.9 Å². The summed E-state index contributed by atoms with van der Waals surface area (Å²) in [5.74, 6) is -1.30. The smallest absolute Gasteiger partial charge is 0.338 e. The van der Waals surface area contributed by atoms with Gasteiger partial charge in [-0.05, 0) is 50.1 Å². The van der Waals surface area contributed by atoms with Crippen LogP contribution in [0.4, 0.5) is 5.69 Å². The lowest BCUT2D eigenvalue weighted by atomic mass is 10.1. The second-order valence-corrected chi connectivity index (χ2v) is 8.77. The van der Waals surface area contributed by atoms with Crippen molar-refractivity contribution in [3.63, 3.8) is 0 Å². The molecule has 0 bridgehead atoms. The quantitative estimate of drug-likeness (QED) is 0.767. The predicted molar refractivity (Wildman–Crippen MR) is 104 cm³/mol. The van der Waals surface area contributed by atoms with Gasteiger partial charge in [-0.3, -0.25) is 4.79 Å². The highest BCUT2D eigenvalue weighted by molar-refractivity contribution is 7.89. The zero-order valence-corrected chi connectivity index (χ0v) is 16.6. The molecule has 2 aromatic rings. The number of ether oxygens (including phenoxy) is 1. The van der Waals surface area contributed by atoms with Crippen LogP contribution in [-0.4, -0.2) is 32.7 Å². The van der Waals surface area contributed by atoms with Crippen molar-refractivity contribution in [1.29, 1.82) is 0 Å². The summed E-state index contributed by atoms with van der Waals surface area (Å²) in [6, 6.07) is 11.8. The Hall–Kier alpha value is -2.67. The first-order valence-electron chi connectivity index (χ1n) is 8.41. The molecular formula is C20H23NO5S. The van der Waals surface area contributed by atoms with E-state index in [4.69, 9.17) is 4.74 Å². The molecule has 0 fully saturated rings. The predicted octanol–water partition coefficient (Wildman–Crippen LogP) is 3.03. The number of carbonyl (C=O) groups excluding carboxylic acids is 2. The number of anilines is 1. The molecular weight excluding hydrogens is 366 g/mol. The summed E-state index contributed by atoms with van der Waals surface area (Å²) in [5.41, 5.74) is 3.33. The Morgan fingerprint density at radius 1 is 1.11 bits per heavy atom. The maximum atomic E-state index is 12.3. The van der Waals surface area contributed by atoms with Crippen LogP contribution in [0.3, 0.4) is 0 Å². The van der Waals surface area contributed by atoms with Crippen LogP contribution in [0.2, 0.25) is 0 Å². The Labute approximate surface area is 159 Å². The van der Waals surface area contributed by atoms with Crippen molar-refractivity contribution < 1.29 is 22.7 Å². The first-order chi connectivity index (χ1) is 12.5. The maximum absolute atomic E-state index is 12.3. The van der Waals surface area contributed by atoms with Crippen LogP contribution >= 0.6 is 0 Å². The van der Waals surface area contributed by atoms with E-state index in [9.17, 15) is 18.0 Å². The molecule has 0 heterocycles. The topological polar surface area (TPSA) is 89.5 Å². The monoisotopic (exact) mass is 389 g/mol. The second-order valence-electron chi connectivity index (χ2n) is 6.63. The molecule has 0 spiro atoms. The minimum absolute atomic E-state index is 0.170. The second kappa shape index (κ2) is 8.35. The lowest BCUT2D eigenvalue weighted by Crippen LogP contribution is -2.30. The third kappa shape index (κ3) is 6.21. The molecule has 0 saturated carbocycles. The molecule has 0 saturated heterocycles. The third-order valence-electron chi connectivity index (χ3n) is 3.88. The van der Waals surface area contributed by atoms with E-state index in [1.807, 2.05) is 26.0 Å². The number of benzene rings is 2. The van der Waals surface area contributed by atoms with Gasteiger partial charge < -0.3 is 10.1 Å². The average Bonchev–Trinajstić information content (AvgIpc) is 2.55. The molecule has 7 heteroatoms. The number of hydrogen-bond acceptors (Lipinski definition) is 5. The molecule has 0 aliphatic carbocycles. The summed E-state index contributed by atoms with van der Waals surface area (Å²) in [6.45, 7) is 5.32. The number of aryl methyl sites for hydroxylation is 2. The Morgan fingerprint density at radius 2 is 1.81 bits per heavy atom. The van der Waals surface area contributed by atoms with Gasteiger partial charge in [-0.15, -0.1) is 0 Å². The Bertz CT molecular complexity index is 966. The normalized spacial score (nSPS) is 12.3. The van der Waals surface area contributed by atoms with Crippen molar-refractivity contribution in [2.24, 2.45) is 0 Å². The molecule has 0 aromatic heterocycles. The van der Waals surface area contributed by atoms with Gasteiger partial charge in [0.05, 0.1) is 11.3 Å². The van der Waals surface area contributed by atoms with Crippen LogP contribution in [0.5, 0.6) is 0 Å². The standard InChI is InChI=1S/C20H23NO5S/c1-13-8-9-18(14(2)10-13)21-19(22)15(3)26-20(23)17-7-5-6-16(11-17)12-27(4,24)25/h5-11,15H,12H2,1-4H3,(H,21,22). The van der Waals surface area contributed by atoms with E-state index in [1.165, 1.54) is 19.1 Å². The zero-order valence-electron chi connectivity index (χ0n) is 15.8. The van der Waals surface area contributed by atoms with Crippen LogP contribution in [-0.2, 0) is 25.1 Å². The van der Waals surface area contributed by atoms with Gasteiger partial charge in [0.25, 0.3) is 5.91 Å². The van der Waals surface area contributed by atoms with E-state index in [-0.39, 0.29) is 11.3 Å². The van der Waals surface area contributed by atoms with Crippen molar-refractivity contribution in [1.82, 2.24) is 0 Å². The number of amides is 1. The van der Waals surface area contributed by atoms with Crippen molar-refractivity contribution in [2.75, 3.05) is 11.6 Å². The number of nitrogens with one attached hydrogen (secondary N) is 1. The van der Waals surface area contributed by atoms with E-state index in [1.54, 1.807) is 18.2 Å². The van der Waals surface area contributed by atoms with Crippen LogP contribution in [0.15, 0.2) is 42.5 Å². The summed E-state index contributed by atoms with van der Waals surface area (Å²) in [6.07, 6.45) is 0.119. The molecule has 2 rings (SSSR count). The highest BCUT2D eigenvalue weighted by atomic mass is 32.2. The highest BCUT2D eigenvalue weighted by Crippen LogP contribution is 2.17. The van der Waals surface area contributed by atoms with E-state index in [2.05, 4.69) is 5.32 Å². The molecule has 1 unspecified atom stereocenters. The van der Waals surface area contributed by atoms with Gasteiger partial charge in [-0.2, -0.15) is 0 Å². The van der Waals surface area contributed by atoms with Gasteiger partial charge in [0, 0.05) is 11.9 Å². The Morgan fingerprint density at radius 3 is 2.44 bits per heavy atom. The lowest BCUT2D eigenvalue weighted by Gasteiger charge is -2.15. The lowest BCUT2D eigenvalue weighted by molar-refractivity contribution is -0.123. The fourth-order valence-corrected chi connectivity index (χ4v) is 3.35. The minimum atomic E-state index is -3.21. The first-order valence-corrected chi connectivity index (χ1v) is 10.5. The number of carbonyl (C=O) groups is 2. The summed E-state index contributed by atoms with van der Waals surface area (Å²) < 4.78 is 28.0. The highest BCUT2D eigenvalue weighted by Gasteiger charge is 2.20. The van der Waals surface area contributed by atoms with E-state index in [0.717, 1.165) is 17.4 Å². The van der Waals surface area contributed by atoms with Crippen LogP contribution < -0.4 is 5.32 Å². The molecule has 0 aliphatic heterocycles. The summed E-state index contributed by atoms with van der Waals surface area (Å²) in [4.78, 5) is 24.6. The summed E-state index contributed by atoms with van der Waals surface area (Å²) >= 11 is 0. The third-order valence-corrected chi connectivity index (χ3v) is 4.74. The number of hydrogen-bond donors (Lipinski definition) is 1. The Balaban J connectivity index is 2.04. The van der Waals surface area contributed by atoms with Crippen molar-refractivity contribution >= 4 is 27.4 Å². The van der Waals surface area contributed by atoms with Gasteiger partial charge in [0.1, 0.15) is 0 Å². The van der Waals surface area contributed by atoms with Crippen molar-refractivity contribution in [3.8, 4) is 0 Å². The SMILES string of the molecule is Cc1ccc(NC(=O)C(C)OC(=O)c2cccc(CS(C)(=O)=O)c2)c(C)c1. The summed E-state index contributed by atoms with van der Waals surface area (Å²) in [7, 11) is -3.21. The van der Waals surface area contributed by atoms with Crippen molar-refractivity contribution in [3.05, 3.63) is 64.7 Å². The average molecular weight is 389 g/mol. The molecule has 144 valence electrons. The first kappa shape index (κ1) is 20.6. The van der Waals surface area contributed by atoms with Crippen LogP contribution in [0, 0.1) is 13.8 Å². The molecule has 6 nitrogen and oxygen atoms in total. The minimum Gasteiger partial charge on any atom is -0.449 e. The molecule has 0 radical (unpaired) electrons. The Kier molecular flexibility index (Phi) is 6.38. The van der Waals surface area contributed by atoms with E-state index < -0.39 is 27.8 Å². The zero-order chi connectivity index (χ0) is 20.2. The fraction of sp³-hybridized carbons (Fsp3) is 0.300. The fourth-order valence-electron chi connectivity index (χ4n) is 2.56. The van der Waals surface area contributed by atoms with E-state index >= 15 is 0 Å². The molecule has 2 aromatic carbocycles. The van der Waals surface area contributed by atoms with Gasteiger partial charge in [-0.25, -0.2) is 13.2 Å². The van der Waals surface area contributed by atoms with Crippen molar-refractivity contribution in [2.45, 2.75) is 32.6 Å². The number of sulfone groups is 1. The maximum Gasteiger partial charge on any atom is 0.338 e. The number of esters is 1. The number of rotatable bonds is 6. The van der Waals surface area contributed by atoms with E-state index in [0.29, 0.717) is 11.3 Å². The van der Waals surface area contributed by atoms with Gasteiger partial charge in [-0.1, -0.05) is 29.8 Å². The van der Waals surface area contributed by atoms with Crippen LogP contribution in [0.25, 0.3) is 0 Å². The molecule has 1 atom stereocenters. The molecule has 1 N–H and O–H groups in total. The molecule has 1 amide bonds. The molecule has 27 heavy (non-hydrogen) atoms. The van der Waals surface area contributed by atoms with Crippen LogP contribution in [0.1, 0.15) is 34.0 Å². The van der Waals surface area contributed by atoms with Gasteiger partial charge in [0.2, 0.25) is 0 Å².